The van der Waals surface area contributed by atoms with Gasteiger partial charge in [-0.1, -0.05) is 44.2 Å². The molecule has 2 aromatic rings. The zero-order chi connectivity index (χ0) is 25.9. The van der Waals surface area contributed by atoms with Crippen LogP contribution in [-0.4, -0.2) is 30.9 Å². The zero-order valence-corrected chi connectivity index (χ0v) is 20.9. The van der Waals surface area contributed by atoms with E-state index >= 15 is 0 Å². The fourth-order valence-electron chi connectivity index (χ4n) is 5.02. The monoisotopic (exact) mass is 482 g/mol. The predicted molar refractivity (Wildman–Crippen MR) is 135 cm³/mol. The molecule has 0 unspecified atom stereocenters. The summed E-state index contributed by atoms with van der Waals surface area (Å²) in [6.07, 6.45) is 1.10. The van der Waals surface area contributed by atoms with Crippen molar-refractivity contribution in [2.24, 2.45) is 11.1 Å². The highest BCUT2D eigenvalue weighted by Crippen LogP contribution is 2.49. The smallest absolute Gasteiger partial charge is 0.162 e. The Bertz CT molecular complexity index is 1310. The molecule has 7 nitrogen and oxygen atoms in total. The van der Waals surface area contributed by atoms with Crippen molar-refractivity contribution in [1.82, 2.24) is 4.90 Å². The molecule has 0 saturated heterocycles. The van der Waals surface area contributed by atoms with Crippen molar-refractivity contribution in [3.8, 4) is 17.9 Å². The van der Waals surface area contributed by atoms with Gasteiger partial charge >= 0.3 is 0 Å². The van der Waals surface area contributed by atoms with Gasteiger partial charge in [0.25, 0.3) is 0 Å². The maximum absolute atomic E-state index is 13.5. The second-order valence-corrected chi connectivity index (χ2v) is 9.92. The summed E-state index contributed by atoms with van der Waals surface area (Å²) in [5.74, 6) is 0.519. The molecule has 0 spiro atoms. The molecule has 184 valence electrons. The lowest BCUT2D eigenvalue weighted by molar-refractivity contribution is -0.118. The summed E-state index contributed by atoms with van der Waals surface area (Å²) in [7, 11) is 1.62. The van der Waals surface area contributed by atoms with Gasteiger partial charge in [0.05, 0.1) is 35.8 Å². The number of carbonyl (C=O) groups excluding carboxylic acids is 1. The molecule has 0 aromatic heterocycles. The lowest BCUT2D eigenvalue weighted by atomic mass is 9.68. The average molecular weight is 483 g/mol. The normalized spacial score (nSPS) is 19.0. The van der Waals surface area contributed by atoms with Crippen molar-refractivity contribution in [3.05, 3.63) is 87.9 Å². The Kier molecular flexibility index (Phi) is 7.15. The third-order valence-corrected chi connectivity index (χ3v) is 6.75. The number of carbonyl (C=O) groups is 1. The van der Waals surface area contributed by atoms with Gasteiger partial charge in [-0.05, 0) is 35.6 Å². The van der Waals surface area contributed by atoms with Crippen LogP contribution >= 0.6 is 0 Å². The first-order valence-corrected chi connectivity index (χ1v) is 11.9. The first-order chi connectivity index (χ1) is 17.3. The molecule has 36 heavy (non-hydrogen) atoms. The quantitative estimate of drug-likeness (QED) is 0.617. The van der Waals surface area contributed by atoms with Crippen LogP contribution in [0.5, 0.6) is 5.75 Å². The first kappa shape index (κ1) is 25.0. The molecule has 1 aliphatic heterocycles. The van der Waals surface area contributed by atoms with Gasteiger partial charge in [0.2, 0.25) is 0 Å². The number of ketones is 1. The van der Waals surface area contributed by atoms with E-state index in [-0.39, 0.29) is 17.8 Å². The number of benzene rings is 2. The van der Waals surface area contributed by atoms with Crippen LogP contribution in [0.2, 0.25) is 0 Å². The number of nitriles is 2. The number of allylic oxidation sites excluding steroid dienone is 3. The Hall–Kier alpha value is -4.07. The number of hydrogen-bond donors (Lipinski definition) is 1. The van der Waals surface area contributed by atoms with Crippen LogP contribution in [0, 0.1) is 28.1 Å². The molecular weight excluding hydrogens is 452 g/mol. The number of nitrogens with two attached hydrogens (primary N) is 1. The van der Waals surface area contributed by atoms with Gasteiger partial charge in [0, 0.05) is 36.9 Å². The van der Waals surface area contributed by atoms with Gasteiger partial charge in [-0.2, -0.15) is 10.5 Å². The molecule has 1 aliphatic carbocycles. The second kappa shape index (κ2) is 10.3. The minimum Gasteiger partial charge on any atom is -0.489 e. The van der Waals surface area contributed by atoms with E-state index in [1.807, 2.05) is 47.4 Å². The number of hydrogen-bond acceptors (Lipinski definition) is 7. The van der Waals surface area contributed by atoms with Gasteiger partial charge in [0.15, 0.2) is 5.78 Å². The molecule has 2 aromatic carbocycles. The van der Waals surface area contributed by atoms with E-state index in [2.05, 4.69) is 26.0 Å². The lowest BCUT2D eigenvalue weighted by Gasteiger charge is -2.43. The summed E-state index contributed by atoms with van der Waals surface area (Å²) in [5.41, 5.74) is 10.4. The summed E-state index contributed by atoms with van der Waals surface area (Å²) in [4.78, 5) is 15.3. The number of nitrogens with zero attached hydrogens (tertiary/aromatic N) is 3. The standard InChI is InChI=1S/C29H30N4O3/c1-29(2)14-24-27(25(34)15-29)26(23(17-31)28(32)33(24)12-13-35-3)19-8-10-22(11-9-19)36-18-21-7-5-4-6-20(21)16-30/h4-11,26H,12-15,18,32H2,1-3H3/t26-/m1/s1. The van der Waals surface area contributed by atoms with Gasteiger partial charge in [-0.3, -0.25) is 4.79 Å². The van der Waals surface area contributed by atoms with E-state index in [0.29, 0.717) is 54.3 Å². The summed E-state index contributed by atoms with van der Waals surface area (Å²) < 4.78 is 11.2. The van der Waals surface area contributed by atoms with Crippen LogP contribution in [0.25, 0.3) is 0 Å². The zero-order valence-electron chi connectivity index (χ0n) is 20.9. The Morgan fingerprint density at radius 2 is 1.81 bits per heavy atom. The highest BCUT2D eigenvalue weighted by atomic mass is 16.5. The van der Waals surface area contributed by atoms with E-state index in [1.165, 1.54) is 0 Å². The molecule has 2 aliphatic rings. The van der Waals surface area contributed by atoms with Crippen LogP contribution < -0.4 is 10.5 Å². The van der Waals surface area contributed by atoms with Gasteiger partial charge in [-0.25, -0.2) is 0 Å². The second-order valence-electron chi connectivity index (χ2n) is 9.92. The van der Waals surface area contributed by atoms with E-state index < -0.39 is 5.92 Å². The van der Waals surface area contributed by atoms with Crippen molar-refractivity contribution in [2.45, 2.75) is 39.2 Å². The topological polar surface area (TPSA) is 112 Å². The highest BCUT2D eigenvalue weighted by molar-refractivity contribution is 6.00. The van der Waals surface area contributed by atoms with Crippen LogP contribution in [-0.2, 0) is 16.1 Å². The van der Waals surface area contributed by atoms with E-state index in [0.717, 1.165) is 16.8 Å². The number of ether oxygens (including phenoxy) is 2. The van der Waals surface area contributed by atoms with Gasteiger partial charge in [0.1, 0.15) is 18.2 Å². The molecule has 0 bridgehead atoms. The SMILES string of the molecule is COCCN1C(N)=C(C#N)[C@@H](c2ccc(OCc3ccccc3C#N)cc2)C2=C1CC(C)(C)CC2=O. The van der Waals surface area contributed by atoms with E-state index in [4.69, 9.17) is 15.2 Å². The molecule has 1 atom stereocenters. The minimum absolute atomic E-state index is 0.0438. The molecule has 0 radical (unpaired) electrons. The van der Waals surface area contributed by atoms with Crippen molar-refractivity contribution in [1.29, 1.82) is 10.5 Å². The van der Waals surface area contributed by atoms with E-state index in [9.17, 15) is 15.3 Å². The molecule has 1 heterocycles. The van der Waals surface area contributed by atoms with Crippen LogP contribution in [0.4, 0.5) is 0 Å². The summed E-state index contributed by atoms with van der Waals surface area (Å²) >= 11 is 0. The summed E-state index contributed by atoms with van der Waals surface area (Å²) in [5, 5.41) is 19.4. The third kappa shape index (κ3) is 4.84. The third-order valence-electron chi connectivity index (χ3n) is 6.75. The maximum atomic E-state index is 13.5. The number of Topliss-reactive ketones (excluding diaryl/α,β-unsaturated/α-hetero) is 1. The van der Waals surface area contributed by atoms with Gasteiger partial charge in [-0.15, -0.1) is 0 Å². The minimum atomic E-state index is -0.527. The molecule has 0 saturated carbocycles. The van der Waals surface area contributed by atoms with E-state index in [1.54, 1.807) is 13.2 Å². The van der Waals surface area contributed by atoms with Crippen molar-refractivity contribution in [3.63, 3.8) is 0 Å². The van der Waals surface area contributed by atoms with Crippen molar-refractivity contribution in [2.75, 3.05) is 20.3 Å². The Morgan fingerprint density at radius 3 is 2.47 bits per heavy atom. The Morgan fingerprint density at radius 1 is 1.08 bits per heavy atom. The van der Waals surface area contributed by atoms with Crippen LogP contribution in [0.1, 0.15) is 49.3 Å². The largest absolute Gasteiger partial charge is 0.489 e. The van der Waals surface area contributed by atoms with Crippen LogP contribution in [0.15, 0.2) is 71.2 Å². The fraction of sp³-hybridized carbons (Fsp3) is 0.345. The Balaban J connectivity index is 1.68. The fourth-order valence-corrected chi connectivity index (χ4v) is 5.02. The van der Waals surface area contributed by atoms with Gasteiger partial charge < -0.3 is 20.1 Å². The molecule has 4 rings (SSSR count). The highest BCUT2D eigenvalue weighted by Gasteiger charge is 2.44. The molecule has 0 amide bonds. The maximum Gasteiger partial charge on any atom is 0.162 e. The van der Waals surface area contributed by atoms with Crippen molar-refractivity contribution < 1.29 is 14.3 Å². The average Bonchev–Trinajstić information content (AvgIpc) is 2.86. The molecule has 2 N–H and O–H groups in total. The Labute approximate surface area is 212 Å². The summed E-state index contributed by atoms with van der Waals surface area (Å²) in [6.45, 7) is 5.32. The number of rotatable bonds is 7. The molecule has 7 heteroatoms. The molecule has 0 fully saturated rings. The van der Waals surface area contributed by atoms with Crippen molar-refractivity contribution >= 4 is 5.78 Å². The van der Waals surface area contributed by atoms with Crippen LogP contribution in [0.3, 0.4) is 0 Å². The molecular formula is C29H30N4O3. The predicted octanol–water partition coefficient (Wildman–Crippen LogP) is 4.52. The lowest BCUT2D eigenvalue weighted by Crippen LogP contribution is -2.43. The first-order valence-electron chi connectivity index (χ1n) is 11.9. The summed E-state index contributed by atoms with van der Waals surface area (Å²) in [6, 6.07) is 19.2. The number of methoxy groups -OCH3 is 1.